The molecule has 0 spiro atoms. The normalized spacial score (nSPS) is 10.8. The Hall–Kier alpha value is -2.57. The summed E-state index contributed by atoms with van der Waals surface area (Å²) in [7, 11) is 0. The quantitative estimate of drug-likeness (QED) is 0.721. The molecule has 2 heterocycles. The fourth-order valence-electron chi connectivity index (χ4n) is 2.40. The highest BCUT2D eigenvalue weighted by atomic mass is 16.5. The molecule has 25 heavy (non-hydrogen) atoms. The second-order valence-corrected chi connectivity index (χ2v) is 6.28. The van der Waals surface area contributed by atoms with Crippen molar-refractivity contribution in [2.75, 3.05) is 6.54 Å². The van der Waals surface area contributed by atoms with Gasteiger partial charge in [0.25, 0.3) is 0 Å². The zero-order valence-electron chi connectivity index (χ0n) is 15.4. The van der Waals surface area contributed by atoms with E-state index in [0.717, 1.165) is 29.9 Å². The van der Waals surface area contributed by atoms with Gasteiger partial charge in [0.1, 0.15) is 0 Å². The number of ether oxygens (including phenoxy) is 1. The lowest BCUT2D eigenvalue weighted by molar-refractivity contribution is 0.232. The van der Waals surface area contributed by atoms with Gasteiger partial charge >= 0.3 is 6.03 Å². The van der Waals surface area contributed by atoms with Crippen molar-refractivity contribution in [3.05, 3.63) is 41.3 Å². The van der Waals surface area contributed by atoms with Gasteiger partial charge in [0, 0.05) is 37.6 Å². The molecule has 0 radical (unpaired) electrons. The van der Waals surface area contributed by atoms with Gasteiger partial charge in [-0.1, -0.05) is 6.07 Å². The molecule has 0 saturated heterocycles. The van der Waals surface area contributed by atoms with Crippen LogP contribution >= 0.6 is 0 Å². The lowest BCUT2D eigenvalue weighted by atomic mass is 10.3. The summed E-state index contributed by atoms with van der Waals surface area (Å²) in [6.45, 7) is 9.74. The summed E-state index contributed by atoms with van der Waals surface area (Å²) in [5.74, 6) is 0.590. The van der Waals surface area contributed by atoms with Crippen LogP contribution in [0.4, 0.5) is 4.79 Å². The number of carbonyl (C=O) groups is 1. The molecular weight excluding hydrogens is 318 g/mol. The Morgan fingerprint density at radius 2 is 2.08 bits per heavy atom. The van der Waals surface area contributed by atoms with E-state index in [1.54, 1.807) is 6.20 Å². The molecule has 0 unspecified atom stereocenters. The fourth-order valence-corrected chi connectivity index (χ4v) is 2.40. The molecule has 0 saturated carbocycles. The van der Waals surface area contributed by atoms with Crippen LogP contribution in [0.5, 0.6) is 5.88 Å². The average molecular weight is 345 g/mol. The Morgan fingerprint density at radius 3 is 2.68 bits per heavy atom. The first-order valence-electron chi connectivity index (χ1n) is 8.58. The van der Waals surface area contributed by atoms with E-state index in [4.69, 9.17) is 4.74 Å². The molecule has 2 aromatic rings. The van der Waals surface area contributed by atoms with E-state index >= 15 is 0 Å². The molecule has 0 aromatic carbocycles. The predicted molar refractivity (Wildman–Crippen MR) is 96.6 cm³/mol. The Kier molecular flexibility index (Phi) is 6.80. The number of rotatable bonds is 8. The number of urea groups is 1. The van der Waals surface area contributed by atoms with E-state index in [2.05, 4.69) is 20.7 Å². The molecule has 2 aromatic heterocycles. The number of aryl methyl sites for hydroxylation is 3. The molecule has 136 valence electrons. The highest BCUT2D eigenvalue weighted by Gasteiger charge is 2.04. The van der Waals surface area contributed by atoms with Crippen LogP contribution < -0.4 is 15.4 Å². The highest BCUT2D eigenvalue weighted by Crippen LogP contribution is 2.09. The molecule has 2 rings (SSSR count). The first-order valence-corrected chi connectivity index (χ1v) is 8.58. The van der Waals surface area contributed by atoms with E-state index in [-0.39, 0.29) is 12.1 Å². The van der Waals surface area contributed by atoms with Gasteiger partial charge in [-0.2, -0.15) is 5.10 Å². The van der Waals surface area contributed by atoms with Gasteiger partial charge in [-0.25, -0.2) is 9.78 Å². The Labute approximate surface area is 148 Å². The molecule has 0 atom stereocenters. The van der Waals surface area contributed by atoms with E-state index < -0.39 is 0 Å². The monoisotopic (exact) mass is 345 g/mol. The second-order valence-electron chi connectivity index (χ2n) is 6.28. The molecule has 0 aliphatic heterocycles. The van der Waals surface area contributed by atoms with Gasteiger partial charge in [-0.15, -0.1) is 0 Å². The summed E-state index contributed by atoms with van der Waals surface area (Å²) in [5.41, 5.74) is 3.08. The maximum absolute atomic E-state index is 11.8. The first kappa shape index (κ1) is 18.8. The van der Waals surface area contributed by atoms with Crippen molar-refractivity contribution in [3.8, 4) is 5.88 Å². The Bertz CT molecular complexity index is 679. The molecule has 2 amide bonds. The predicted octanol–water partition coefficient (Wildman–Crippen LogP) is 2.57. The van der Waals surface area contributed by atoms with E-state index in [1.165, 1.54) is 0 Å². The van der Waals surface area contributed by atoms with Crippen molar-refractivity contribution in [1.29, 1.82) is 0 Å². The van der Waals surface area contributed by atoms with Gasteiger partial charge in [0.15, 0.2) is 0 Å². The summed E-state index contributed by atoms with van der Waals surface area (Å²) in [5, 5.41) is 10.1. The number of carbonyl (C=O) groups excluding carboxylic acids is 1. The molecule has 0 aliphatic rings. The van der Waals surface area contributed by atoms with Gasteiger partial charge in [-0.05, 0) is 45.7 Å². The van der Waals surface area contributed by atoms with E-state index in [0.29, 0.717) is 19.0 Å². The third-order valence-electron chi connectivity index (χ3n) is 3.54. The van der Waals surface area contributed by atoms with Crippen molar-refractivity contribution in [1.82, 2.24) is 25.4 Å². The van der Waals surface area contributed by atoms with E-state index in [9.17, 15) is 4.79 Å². The minimum absolute atomic E-state index is 0.0942. The first-order chi connectivity index (χ1) is 11.9. The van der Waals surface area contributed by atoms with Crippen LogP contribution in [0.3, 0.4) is 0 Å². The minimum Gasteiger partial charge on any atom is -0.475 e. The van der Waals surface area contributed by atoms with Gasteiger partial charge in [-0.3, -0.25) is 4.68 Å². The van der Waals surface area contributed by atoms with Crippen molar-refractivity contribution in [2.45, 2.75) is 53.3 Å². The Balaban J connectivity index is 1.64. The largest absolute Gasteiger partial charge is 0.475 e. The molecule has 7 nitrogen and oxygen atoms in total. The molecule has 2 N–H and O–H groups in total. The molecular formula is C18H27N5O2. The van der Waals surface area contributed by atoms with E-state index in [1.807, 2.05) is 50.6 Å². The van der Waals surface area contributed by atoms with Crippen LogP contribution in [-0.4, -0.2) is 33.4 Å². The third kappa shape index (κ3) is 6.45. The van der Waals surface area contributed by atoms with Crippen LogP contribution in [0.1, 0.15) is 37.2 Å². The minimum atomic E-state index is -0.184. The summed E-state index contributed by atoms with van der Waals surface area (Å²) < 4.78 is 7.45. The zero-order valence-corrected chi connectivity index (χ0v) is 15.4. The number of hydrogen-bond acceptors (Lipinski definition) is 4. The van der Waals surface area contributed by atoms with Crippen molar-refractivity contribution >= 4 is 6.03 Å². The van der Waals surface area contributed by atoms with Gasteiger partial charge < -0.3 is 15.4 Å². The third-order valence-corrected chi connectivity index (χ3v) is 3.54. The van der Waals surface area contributed by atoms with Crippen LogP contribution in [-0.2, 0) is 13.1 Å². The number of amides is 2. The second kappa shape index (κ2) is 9.05. The van der Waals surface area contributed by atoms with Crippen LogP contribution in [0.15, 0.2) is 24.4 Å². The maximum Gasteiger partial charge on any atom is 0.315 e. The summed E-state index contributed by atoms with van der Waals surface area (Å²) in [4.78, 5) is 16.0. The topological polar surface area (TPSA) is 81.1 Å². The number of aromatic nitrogens is 3. The number of nitrogens with one attached hydrogen (secondary N) is 2. The molecule has 0 aliphatic carbocycles. The van der Waals surface area contributed by atoms with Gasteiger partial charge in [0.05, 0.1) is 11.8 Å². The van der Waals surface area contributed by atoms with Crippen LogP contribution in [0.2, 0.25) is 0 Å². The molecule has 7 heteroatoms. The SMILES string of the molecule is Cc1cc(C)n(CCCNC(=O)NCc2ccc(OC(C)C)nc2)n1. The van der Waals surface area contributed by atoms with Crippen molar-refractivity contribution in [3.63, 3.8) is 0 Å². The van der Waals surface area contributed by atoms with Crippen LogP contribution in [0.25, 0.3) is 0 Å². The van der Waals surface area contributed by atoms with Gasteiger partial charge in [0.2, 0.25) is 5.88 Å². The standard InChI is InChI=1S/C18H27N5O2/c1-13(2)25-17-7-6-16(11-20-17)12-21-18(24)19-8-5-9-23-15(4)10-14(3)22-23/h6-7,10-11,13H,5,8-9,12H2,1-4H3,(H2,19,21,24). The lowest BCUT2D eigenvalue weighted by Gasteiger charge is -2.10. The number of hydrogen-bond donors (Lipinski definition) is 2. The smallest absolute Gasteiger partial charge is 0.315 e. The fraction of sp³-hybridized carbons (Fsp3) is 0.500. The zero-order chi connectivity index (χ0) is 18.2. The van der Waals surface area contributed by atoms with Crippen molar-refractivity contribution in [2.24, 2.45) is 0 Å². The number of nitrogens with zero attached hydrogens (tertiary/aromatic N) is 3. The summed E-state index contributed by atoms with van der Waals surface area (Å²) in [6, 6.07) is 5.57. The molecule has 0 bridgehead atoms. The number of pyridine rings is 1. The lowest BCUT2D eigenvalue weighted by Crippen LogP contribution is -2.35. The summed E-state index contributed by atoms with van der Waals surface area (Å²) in [6.07, 6.45) is 2.63. The molecule has 0 fully saturated rings. The Morgan fingerprint density at radius 1 is 1.28 bits per heavy atom. The summed E-state index contributed by atoms with van der Waals surface area (Å²) >= 11 is 0. The van der Waals surface area contributed by atoms with Crippen LogP contribution in [0, 0.1) is 13.8 Å². The maximum atomic E-state index is 11.8. The highest BCUT2D eigenvalue weighted by molar-refractivity contribution is 5.73. The average Bonchev–Trinajstić information content (AvgIpc) is 2.88. The van der Waals surface area contributed by atoms with Crippen molar-refractivity contribution < 1.29 is 9.53 Å².